The minimum absolute atomic E-state index is 0.0630. The van der Waals surface area contributed by atoms with Crippen LogP contribution in [-0.4, -0.2) is 21.2 Å². The zero-order valence-corrected chi connectivity index (χ0v) is 15.1. The van der Waals surface area contributed by atoms with Gasteiger partial charge in [-0.25, -0.2) is 4.68 Å². The monoisotopic (exact) mass is 398 g/mol. The molecule has 4 rings (SSSR count). The van der Waals surface area contributed by atoms with Crippen LogP contribution in [0.5, 0.6) is 0 Å². The zero-order chi connectivity index (χ0) is 17.6. The maximum atomic E-state index is 11.1. The number of hydrogen-bond donors (Lipinski definition) is 1. The molecular weight excluding hydrogens is 384 g/mol. The number of nitro groups is 1. The molecule has 0 bridgehead atoms. The van der Waals surface area contributed by atoms with Gasteiger partial charge < -0.3 is 5.32 Å². The average Bonchev–Trinajstić information content (AvgIpc) is 3.19. The Balaban J connectivity index is 1.90. The van der Waals surface area contributed by atoms with Crippen LogP contribution in [0, 0.1) is 17.0 Å². The van der Waals surface area contributed by atoms with Gasteiger partial charge in [-0.1, -0.05) is 34.1 Å². The number of fused-ring (bicyclic) bond motifs is 1. The Hall–Kier alpha value is -2.67. The lowest BCUT2D eigenvalue weighted by atomic mass is 10.1. The van der Waals surface area contributed by atoms with Crippen molar-refractivity contribution in [3.63, 3.8) is 0 Å². The smallest absolute Gasteiger partial charge is 0.271 e. The highest BCUT2D eigenvalue weighted by Gasteiger charge is 2.25. The molecule has 1 aromatic heterocycles. The number of anilines is 1. The third-order valence-electron chi connectivity index (χ3n) is 4.40. The van der Waals surface area contributed by atoms with Gasteiger partial charge in [0.15, 0.2) is 0 Å². The molecule has 126 valence electrons. The van der Waals surface area contributed by atoms with Gasteiger partial charge in [-0.3, -0.25) is 10.1 Å². The van der Waals surface area contributed by atoms with Gasteiger partial charge in [0.1, 0.15) is 5.82 Å². The maximum absolute atomic E-state index is 11.1. The highest BCUT2D eigenvalue weighted by atomic mass is 79.9. The molecule has 1 aliphatic heterocycles. The lowest BCUT2D eigenvalue weighted by Gasteiger charge is -2.09. The van der Waals surface area contributed by atoms with Crippen molar-refractivity contribution in [2.75, 3.05) is 11.9 Å². The van der Waals surface area contributed by atoms with E-state index in [1.165, 1.54) is 6.07 Å². The number of non-ortho nitro benzene ring substituents is 1. The van der Waals surface area contributed by atoms with E-state index >= 15 is 0 Å². The molecule has 7 heteroatoms. The molecule has 2 heterocycles. The molecule has 0 spiro atoms. The van der Waals surface area contributed by atoms with Gasteiger partial charge >= 0.3 is 0 Å². The van der Waals surface area contributed by atoms with Crippen molar-refractivity contribution in [1.29, 1.82) is 0 Å². The fourth-order valence-electron chi connectivity index (χ4n) is 3.13. The van der Waals surface area contributed by atoms with Crippen LogP contribution in [-0.2, 0) is 6.42 Å². The second-order valence-electron chi connectivity index (χ2n) is 6.00. The number of aryl methyl sites for hydroxylation is 1. The Morgan fingerprint density at radius 1 is 1.24 bits per heavy atom. The van der Waals surface area contributed by atoms with Gasteiger partial charge in [0.05, 0.1) is 16.3 Å². The van der Waals surface area contributed by atoms with Crippen LogP contribution in [0.2, 0.25) is 0 Å². The van der Waals surface area contributed by atoms with Crippen LogP contribution in [0.15, 0.2) is 46.9 Å². The fourth-order valence-corrected chi connectivity index (χ4v) is 3.39. The molecule has 25 heavy (non-hydrogen) atoms. The topological polar surface area (TPSA) is 73.0 Å². The summed E-state index contributed by atoms with van der Waals surface area (Å²) < 4.78 is 2.81. The SMILES string of the molecule is Cc1ccc([N+](=O)[O-])cc1-n1nc(-c2ccc(Br)cc2)c2c1NCC2. The Morgan fingerprint density at radius 3 is 2.72 bits per heavy atom. The second kappa shape index (κ2) is 6.00. The van der Waals surface area contributed by atoms with Crippen molar-refractivity contribution >= 4 is 27.4 Å². The third kappa shape index (κ3) is 2.70. The number of hydrogen-bond acceptors (Lipinski definition) is 4. The van der Waals surface area contributed by atoms with E-state index in [0.717, 1.165) is 51.3 Å². The van der Waals surface area contributed by atoms with Gasteiger partial charge in [-0.2, -0.15) is 5.10 Å². The molecule has 3 aromatic rings. The number of nitro benzene ring substituents is 1. The second-order valence-corrected chi connectivity index (χ2v) is 6.91. The van der Waals surface area contributed by atoms with Gasteiger partial charge in [-0.15, -0.1) is 0 Å². The maximum Gasteiger partial charge on any atom is 0.271 e. The summed E-state index contributed by atoms with van der Waals surface area (Å²) in [7, 11) is 0. The normalized spacial score (nSPS) is 12.7. The zero-order valence-electron chi connectivity index (χ0n) is 13.5. The van der Waals surface area contributed by atoms with Crippen molar-refractivity contribution in [2.45, 2.75) is 13.3 Å². The first kappa shape index (κ1) is 15.8. The molecule has 6 nitrogen and oxygen atoms in total. The molecule has 0 saturated heterocycles. The lowest BCUT2D eigenvalue weighted by molar-refractivity contribution is -0.384. The van der Waals surface area contributed by atoms with Crippen LogP contribution < -0.4 is 5.32 Å². The third-order valence-corrected chi connectivity index (χ3v) is 4.93. The number of rotatable bonds is 3. The van der Waals surface area contributed by atoms with E-state index in [0.29, 0.717) is 0 Å². The number of halogens is 1. The average molecular weight is 399 g/mol. The van der Waals surface area contributed by atoms with E-state index in [9.17, 15) is 10.1 Å². The Morgan fingerprint density at radius 2 is 2.00 bits per heavy atom. The first-order chi connectivity index (χ1) is 12.0. The van der Waals surface area contributed by atoms with Crippen LogP contribution in [0.25, 0.3) is 16.9 Å². The van der Waals surface area contributed by atoms with Crippen molar-refractivity contribution in [3.05, 3.63) is 68.2 Å². The van der Waals surface area contributed by atoms with Gasteiger partial charge in [-0.05, 0) is 31.0 Å². The number of aromatic nitrogens is 2. The van der Waals surface area contributed by atoms with E-state index in [1.54, 1.807) is 16.8 Å². The quantitative estimate of drug-likeness (QED) is 0.521. The van der Waals surface area contributed by atoms with E-state index in [-0.39, 0.29) is 10.6 Å². The molecule has 0 amide bonds. The molecular formula is C18H15BrN4O2. The number of benzene rings is 2. The minimum atomic E-state index is -0.379. The summed E-state index contributed by atoms with van der Waals surface area (Å²) in [5.74, 6) is 0.918. The van der Waals surface area contributed by atoms with E-state index in [2.05, 4.69) is 21.2 Å². The lowest BCUT2D eigenvalue weighted by Crippen LogP contribution is -2.06. The molecule has 1 aliphatic rings. The summed E-state index contributed by atoms with van der Waals surface area (Å²) in [5.41, 5.74) is 4.82. The van der Waals surface area contributed by atoms with Crippen molar-refractivity contribution in [1.82, 2.24) is 9.78 Å². The first-order valence-corrected chi connectivity index (χ1v) is 8.71. The van der Waals surface area contributed by atoms with Crippen LogP contribution in [0.4, 0.5) is 11.5 Å². The summed E-state index contributed by atoms with van der Waals surface area (Å²) in [5, 5.41) is 19.3. The summed E-state index contributed by atoms with van der Waals surface area (Å²) in [4.78, 5) is 10.8. The highest BCUT2D eigenvalue weighted by molar-refractivity contribution is 9.10. The Labute approximate surface area is 152 Å². The van der Waals surface area contributed by atoms with Crippen LogP contribution >= 0.6 is 15.9 Å². The van der Waals surface area contributed by atoms with Crippen molar-refractivity contribution in [3.8, 4) is 16.9 Å². The molecule has 0 saturated carbocycles. The molecule has 0 atom stereocenters. The number of nitrogens with one attached hydrogen (secondary N) is 1. The standard InChI is InChI=1S/C18H15BrN4O2/c1-11-2-7-14(23(24)25)10-16(11)22-18-15(8-9-20-18)17(21-22)12-3-5-13(19)6-4-12/h2-7,10,20H,8-9H2,1H3. The summed E-state index contributed by atoms with van der Waals surface area (Å²) in [6, 6.07) is 12.9. The number of nitrogens with zero attached hydrogens (tertiary/aromatic N) is 3. The molecule has 2 aromatic carbocycles. The molecule has 0 radical (unpaired) electrons. The van der Waals surface area contributed by atoms with Crippen molar-refractivity contribution < 1.29 is 4.92 Å². The first-order valence-electron chi connectivity index (χ1n) is 7.92. The van der Waals surface area contributed by atoms with E-state index in [1.807, 2.05) is 31.2 Å². The summed E-state index contributed by atoms with van der Waals surface area (Å²) in [6.45, 7) is 2.77. The van der Waals surface area contributed by atoms with E-state index in [4.69, 9.17) is 5.10 Å². The predicted molar refractivity (Wildman–Crippen MR) is 100 cm³/mol. The largest absolute Gasteiger partial charge is 0.369 e. The van der Waals surface area contributed by atoms with Crippen molar-refractivity contribution in [2.24, 2.45) is 0 Å². The highest BCUT2D eigenvalue weighted by Crippen LogP contribution is 2.36. The van der Waals surface area contributed by atoms with Gasteiger partial charge in [0, 0.05) is 34.3 Å². The van der Waals surface area contributed by atoms with Gasteiger partial charge in [0.25, 0.3) is 5.69 Å². The molecule has 1 N–H and O–H groups in total. The molecule has 0 fully saturated rings. The fraction of sp³-hybridized carbons (Fsp3) is 0.167. The Kier molecular flexibility index (Phi) is 3.80. The predicted octanol–water partition coefficient (Wildman–Crippen LogP) is 4.49. The van der Waals surface area contributed by atoms with E-state index < -0.39 is 0 Å². The Bertz CT molecular complexity index is 979. The van der Waals surface area contributed by atoms with Gasteiger partial charge in [0.2, 0.25) is 0 Å². The molecule has 0 aliphatic carbocycles. The molecule has 0 unspecified atom stereocenters. The summed E-state index contributed by atoms with van der Waals surface area (Å²) in [6.07, 6.45) is 0.884. The van der Waals surface area contributed by atoms with Crippen LogP contribution in [0.3, 0.4) is 0 Å². The van der Waals surface area contributed by atoms with Crippen LogP contribution in [0.1, 0.15) is 11.1 Å². The minimum Gasteiger partial charge on any atom is -0.369 e. The summed E-state index contributed by atoms with van der Waals surface area (Å²) >= 11 is 3.45.